The molecule has 6 nitrogen and oxygen atoms in total. The van der Waals surface area contributed by atoms with Gasteiger partial charge in [-0.15, -0.1) is 0 Å². The first-order valence-electron chi connectivity index (χ1n) is 5.15. The van der Waals surface area contributed by atoms with E-state index in [-0.39, 0.29) is 11.6 Å². The molecule has 1 aromatic rings. The molecule has 0 heterocycles. The summed E-state index contributed by atoms with van der Waals surface area (Å²) in [5.74, 6) is -0.198. The van der Waals surface area contributed by atoms with Crippen molar-refractivity contribution < 1.29 is 9.72 Å². The predicted molar refractivity (Wildman–Crippen MR) is 63.2 cm³/mol. The van der Waals surface area contributed by atoms with Gasteiger partial charge in [0.05, 0.1) is 11.0 Å². The van der Waals surface area contributed by atoms with E-state index < -0.39 is 11.0 Å². The number of carbonyl (C=O) groups excluding carboxylic acids is 1. The van der Waals surface area contributed by atoms with Crippen molar-refractivity contribution in [2.75, 3.05) is 7.05 Å². The molecule has 0 unspecified atom stereocenters. The molecule has 0 spiro atoms. The third kappa shape index (κ3) is 3.53. The second-order valence-corrected chi connectivity index (χ2v) is 3.91. The van der Waals surface area contributed by atoms with Gasteiger partial charge in [0, 0.05) is 25.7 Å². The molecule has 17 heavy (non-hydrogen) atoms. The monoisotopic (exact) mass is 237 g/mol. The van der Waals surface area contributed by atoms with Crippen LogP contribution >= 0.6 is 0 Å². The molecule has 92 valence electrons. The maximum atomic E-state index is 11.5. The molecule has 0 aliphatic carbocycles. The van der Waals surface area contributed by atoms with Gasteiger partial charge in [-0.2, -0.15) is 0 Å². The number of amides is 1. The van der Waals surface area contributed by atoms with E-state index in [1.165, 1.54) is 17.0 Å². The van der Waals surface area contributed by atoms with Crippen LogP contribution in [0, 0.1) is 10.1 Å². The number of carbonyl (C=O) groups is 1. The van der Waals surface area contributed by atoms with Gasteiger partial charge < -0.3 is 10.6 Å². The van der Waals surface area contributed by atoms with Gasteiger partial charge in [-0.25, -0.2) is 0 Å². The largest absolute Gasteiger partial charge is 0.340 e. The zero-order valence-corrected chi connectivity index (χ0v) is 9.79. The van der Waals surface area contributed by atoms with E-state index in [1.54, 1.807) is 26.1 Å². The molecule has 0 radical (unpaired) electrons. The van der Waals surface area contributed by atoms with Gasteiger partial charge in [0.15, 0.2) is 0 Å². The van der Waals surface area contributed by atoms with Gasteiger partial charge in [0.1, 0.15) is 0 Å². The number of nitrogens with zero attached hydrogens (tertiary/aromatic N) is 2. The lowest BCUT2D eigenvalue weighted by Crippen LogP contribution is -2.39. The fraction of sp³-hybridized carbons (Fsp3) is 0.364. The van der Waals surface area contributed by atoms with Crippen LogP contribution in [0.1, 0.15) is 12.5 Å². The minimum atomic E-state index is -0.571. The highest BCUT2D eigenvalue weighted by atomic mass is 16.6. The summed E-state index contributed by atoms with van der Waals surface area (Å²) in [4.78, 5) is 23.1. The van der Waals surface area contributed by atoms with Crippen molar-refractivity contribution in [1.29, 1.82) is 0 Å². The number of likely N-dealkylation sites (N-methyl/N-ethyl adjacent to an activating group) is 1. The molecule has 1 atom stereocenters. The molecule has 0 fully saturated rings. The zero-order chi connectivity index (χ0) is 13.0. The highest BCUT2D eigenvalue weighted by Gasteiger charge is 2.14. The second-order valence-electron chi connectivity index (χ2n) is 3.91. The van der Waals surface area contributed by atoms with E-state index in [9.17, 15) is 14.9 Å². The van der Waals surface area contributed by atoms with Crippen LogP contribution in [-0.4, -0.2) is 28.8 Å². The van der Waals surface area contributed by atoms with E-state index in [0.29, 0.717) is 12.1 Å². The summed E-state index contributed by atoms with van der Waals surface area (Å²) in [5.41, 5.74) is 6.19. The Balaban J connectivity index is 2.78. The van der Waals surface area contributed by atoms with Crippen molar-refractivity contribution in [1.82, 2.24) is 4.90 Å². The molecule has 0 saturated heterocycles. The Hall–Kier alpha value is -1.95. The third-order valence-corrected chi connectivity index (χ3v) is 2.31. The van der Waals surface area contributed by atoms with Crippen LogP contribution in [0.15, 0.2) is 24.3 Å². The number of nitro groups is 1. The second kappa shape index (κ2) is 5.40. The Bertz CT molecular complexity index is 432. The smallest absolute Gasteiger partial charge is 0.269 e. The molecule has 0 aliphatic heterocycles. The fourth-order valence-corrected chi connectivity index (χ4v) is 1.47. The van der Waals surface area contributed by atoms with E-state index in [4.69, 9.17) is 5.73 Å². The average molecular weight is 237 g/mol. The summed E-state index contributed by atoms with van der Waals surface area (Å²) in [5, 5.41) is 10.6. The Morgan fingerprint density at radius 2 is 2.24 bits per heavy atom. The van der Waals surface area contributed by atoms with Gasteiger partial charge >= 0.3 is 0 Å². The number of nitro benzene ring substituents is 1. The summed E-state index contributed by atoms with van der Waals surface area (Å²) in [6.45, 7) is 1.91. The van der Waals surface area contributed by atoms with E-state index >= 15 is 0 Å². The van der Waals surface area contributed by atoms with Gasteiger partial charge in [-0.1, -0.05) is 12.1 Å². The van der Waals surface area contributed by atoms with Crippen LogP contribution in [0.4, 0.5) is 5.69 Å². The number of rotatable bonds is 4. The van der Waals surface area contributed by atoms with E-state index in [1.807, 2.05) is 0 Å². The first kappa shape index (κ1) is 13.1. The molecular formula is C11H15N3O3. The lowest BCUT2D eigenvalue weighted by molar-refractivity contribution is -0.384. The molecule has 1 aromatic carbocycles. The molecule has 0 aromatic heterocycles. The number of nitrogens with two attached hydrogens (primary N) is 1. The first-order chi connectivity index (χ1) is 7.91. The highest BCUT2D eigenvalue weighted by Crippen LogP contribution is 2.14. The van der Waals surface area contributed by atoms with Crippen molar-refractivity contribution >= 4 is 11.6 Å². The molecule has 6 heteroatoms. The Morgan fingerprint density at radius 1 is 1.59 bits per heavy atom. The Kier molecular flexibility index (Phi) is 4.17. The van der Waals surface area contributed by atoms with E-state index in [0.717, 1.165) is 0 Å². The van der Waals surface area contributed by atoms with Crippen molar-refractivity contribution in [3.63, 3.8) is 0 Å². The van der Waals surface area contributed by atoms with Gasteiger partial charge in [0.25, 0.3) is 5.69 Å². The summed E-state index contributed by atoms with van der Waals surface area (Å²) < 4.78 is 0. The van der Waals surface area contributed by atoms with E-state index in [2.05, 4.69) is 0 Å². The molecule has 1 amide bonds. The lowest BCUT2D eigenvalue weighted by atomic mass is 10.2. The van der Waals surface area contributed by atoms with Crippen molar-refractivity contribution in [2.45, 2.75) is 19.5 Å². The Morgan fingerprint density at radius 3 is 2.76 bits per heavy atom. The van der Waals surface area contributed by atoms with Crippen LogP contribution in [0.2, 0.25) is 0 Å². The highest BCUT2D eigenvalue weighted by molar-refractivity contribution is 5.80. The van der Waals surface area contributed by atoms with Crippen molar-refractivity contribution in [3.8, 4) is 0 Å². The third-order valence-electron chi connectivity index (χ3n) is 2.31. The number of hydrogen-bond acceptors (Lipinski definition) is 4. The summed E-state index contributed by atoms with van der Waals surface area (Å²) in [6.07, 6.45) is 0. The molecule has 0 bridgehead atoms. The standard InChI is InChI=1S/C11H15N3O3/c1-8(12)11(15)13(2)7-9-4-3-5-10(6-9)14(16)17/h3-6,8H,7,12H2,1-2H3/t8-/m0/s1. The lowest BCUT2D eigenvalue weighted by Gasteiger charge is -2.19. The fourth-order valence-electron chi connectivity index (χ4n) is 1.47. The topological polar surface area (TPSA) is 89.5 Å². The summed E-state index contributed by atoms with van der Waals surface area (Å²) in [7, 11) is 1.62. The van der Waals surface area contributed by atoms with Gasteiger partial charge in [-0.05, 0) is 12.5 Å². The normalized spacial score (nSPS) is 11.9. The number of hydrogen-bond donors (Lipinski definition) is 1. The van der Waals surface area contributed by atoms with Crippen LogP contribution in [0.25, 0.3) is 0 Å². The summed E-state index contributed by atoms with van der Waals surface area (Å²) >= 11 is 0. The molecule has 0 saturated carbocycles. The van der Waals surface area contributed by atoms with Gasteiger partial charge in [-0.3, -0.25) is 14.9 Å². The van der Waals surface area contributed by atoms with Crippen LogP contribution in [-0.2, 0) is 11.3 Å². The molecule has 2 N–H and O–H groups in total. The van der Waals surface area contributed by atoms with Crippen LogP contribution < -0.4 is 5.73 Å². The van der Waals surface area contributed by atoms with Crippen molar-refractivity contribution in [2.24, 2.45) is 5.73 Å². The van der Waals surface area contributed by atoms with Crippen molar-refractivity contribution in [3.05, 3.63) is 39.9 Å². The summed E-state index contributed by atoms with van der Waals surface area (Å²) in [6, 6.07) is 5.62. The number of benzene rings is 1. The Labute approximate surface area is 99.2 Å². The first-order valence-corrected chi connectivity index (χ1v) is 5.15. The maximum Gasteiger partial charge on any atom is 0.269 e. The number of non-ortho nitro benzene ring substituents is 1. The maximum absolute atomic E-state index is 11.5. The average Bonchev–Trinajstić information content (AvgIpc) is 2.28. The molecule has 0 aliphatic rings. The zero-order valence-electron chi connectivity index (χ0n) is 9.79. The minimum Gasteiger partial charge on any atom is -0.340 e. The molecular weight excluding hydrogens is 222 g/mol. The van der Waals surface area contributed by atoms with Crippen LogP contribution in [0.5, 0.6) is 0 Å². The predicted octanol–water partition coefficient (Wildman–Crippen LogP) is 0.900. The van der Waals surface area contributed by atoms with Gasteiger partial charge in [0.2, 0.25) is 5.91 Å². The molecule has 1 rings (SSSR count). The minimum absolute atomic E-state index is 0.0177. The SMILES string of the molecule is C[C@H](N)C(=O)N(C)Cc1cccc([N+](=O)[O-])c1. The quantitative estimate of drug-likeness (QED) is 0.622. The van der Waals surface area contributed by atoms with Crippen LogP contribution in [0.3, 0.4) is 0 Å².